The van der Waals surface area contributed by atoms with E-state index in [1.807, 2.05) is 6.92 Å². The summed E-state index contributed by atoms with van der Waals surface area (Å²) in [6, 6.07) is 0. The fourth-order valence-electron chi connectivity index (χ4n) is 1.04. The van der Waals surface area contributed by atoms with Crippen LogP contribution >= 0.6 is 38.6 Å². The molecular weight excluding hydrogens is 266 g/mol. The summed E-state index contributed by atoms with van der Waals surface area (Å²) < 4.78 is 27.2. The zero-order valence-electron chi connectivity index (χ0n) is 5.95. The lowest BCUT2D eigenvalue weighted by atomic mass is 10.4. The monoisotopic (exact) mass is 268 g/mol. The second kappa shape index (κ2) is 2.75. The zero-order valence-corrected chi connectivity index (χ0v) is 9.17. The van der Waals surface area contributed by atoms with Crippen molar-refractivity contribution in [2.75, 3.05) is 0 Å². The molecular formula is C7H3BrF2S2. The minimum Gasteiger partial charge on any atom is -0.202 e. The molecule has 2 aromatic rings. The van der Waals surface area contributed by atoms with Crippen molar-refractivity contribution in [1.82, 2.24) is 0 Å². The smallest absolute Gasteiger partial charge is 0.202 e. The van der Waals surface area contributed by atoms with Crippen molar-refractivity contribution in [1.29, 1.82) is 0 Å². The number of hydrogen-bond donors (Lipinski definition) is 0. The molecule has 0 aliphatic heterocycles. The van der Waals surface area contributed by atoms with Crippen LogP contribution in [0.15, 0.2) is 3.79 Å². The maximum Gasteiger partial charge on any atom is 0.213 e. The van der Waals surface area contributed by atoms with E-state index in [1.54, 1.807) is 0 Å². The van der Waals surface area contributed by atoms with Crippen molar-refractivity contribution in [2.45, 2.75) is 6.92 Å². The van der Waals surface area contributed by atoms with Crippen molar-refractivity contribution in [2.24, 2.45) is 0 Å². The van der Waals surface area contributed by atoms with Crippen molar-refractivity contribution in [3.63, 3.8) is 0 Å². The highest BCUT2D eigenvalue weighted by Gasteiger charge is 2.18. The van der Waals surface area contributed by atoms with E-state index in [1.165, 1.54) is 11.3 Å². The molecule has 2 rings (SSSR count). The first kappa shape index (κ1) is 8.59. The van der Waals surface area contributed by atoms with Gasteiger partial charge in [-0.2, -0.15) is 4.39 Å². The predicted molar refractivity (Wildman–Crippen MR) is 52.1 cm³/mol. The van der Waals surface area contributed by atoms with Crippen LogP contribution in [0.4, 0.5) is 8.78 Å². The van der Waals surface area contributed by atoms with E-state index in [4.69, 9.17) is 0 Å². The van der Waals surface area contributed by atoms with Crippen molar-refractivity contribution < 1.29 is 8.78 Å². The van der Waals surface area contributed by atoms with Gasteiger partial charge >= 0.3 is 0 Å². The van der Waals surface area contributed by atoms with Crippen LogP contribution < -0.4 is 0 Å². The van der Waals surface area contributed by atoms with Gasteiger partial charge in [-0.1, -0.05) is 0 Å². The van der Waals surface area contributed by atoms with Gasteiger partial charge in [0.05, 0.1) is 13.9 Å². The van der Waals surface area contributed by atoms with Crippen LogP contribution in [0.25, 0.3) is 10.1 Å². The maximum absolute atomic E-state index is 13.0. The van der Waals surface area contributed by atoms with Gasteiger partial charge in [0, 0.05) is 4.88 Å². The van der Waals surface area contributed by atoms with Gasteiger partial charge in [-0.05, 0) is 22.9 Å². The Balaban J connectivity index is 2.98. The van der Waals surface area contributed by atoms with Gasteiger partial charge in [-0.25, -0.2) is 4.39 Å². The average Bonchev–Trinajstić information content (AvgIpc) is 2.41. The molecule has 12 heavy (non-hydrogen) atoms. The third-order valence-corrected chi connectivity index (χ3v) is 4.55. The average molecular weight is 269 g/mol. The van der Waals surface area contributed by atoms with Crippen molar-refractivity contribution in [3.8, 4) is 0 Å². The topological polar surface area (TPSA) is 0 Å². The van der Waals surface area contributed by atoms with E-state index in [0.717, 1.165) is 16.2 Å². The first-order chi connectivity index (χ1) is 5.61. The highest BCUT2D eigenvalue weighted by Crippen LogP contribution is 2.41. The van der Waals surface area contributed by atoms with Crippen molar-refractivity contribution in [3.05, 3.63) is 19.6 Å². The number of aryl methyl sites for hydroxylation is 1. The van der Waals surface area contributed by atoms with E-state index in [-0.39, 0.29) is 0 Å². The van der Waals surface area contributed by atoms with Gasteiger partial charge in [0.1, 0.15) is 0 Å². The Hall–Kier alpha value is -0.0000000000000000833. The lowest BCUT2D eigenvalue weighted by Crippen LogP contribution is -1.69. The van der Waals surface area contributed by atoms with Crippen LogP contribution in [0.1, 0.15) is 4.88 Å². The summed E-state index contributed by atoms with van der Waals surface area (Å²) in [5.74, 6) is -0.730. The summed E-state index contributed by atoms with van der Waals surface area (Å²) in [5.41, 5.74) is 0. The van der Waals surface area contributed by atoms with Crippen LogP contribution in [-0.4, -0.2) is 0 Å². The summed E-state index contributed by atoms with van der Waals surface area (Å²) >= 11 is 5.50. The second-order valence-corrected chi connectivity index (χ2v) is 5.84. The number of thiophene rings is 2. The van der Waals surface area contributed by atoms with Crippen molar-refractivity contribution >= 4 is 48.7 Å². The van der Waals surface area contributed by atoms with Crippen LogP contribution in [0.2, 0.25) is 0 Å². The molecule has 5 heteroatoms. The number of fused-ring (bicyclic) bond motifs is 1. The molecule has 2 aromatic heterocycles. The molecule has 0 aliphatic rings. The third-order valence-electron chi connectivity index (χ3n) is 1.57. The second-order valence-electron chi connectivity index (χ2n) is 2.33. The van der Waals surface area contributed by atoms with E-state index >= 15 is 0 Å². The molecule has 0 nitrogen and oxygen atoms in total. The largest absolute Gasteiger partial charge is 0.213 e. The molecule has 0 radical (unpaired) electrons. The molecule has 0 amide bonds. The summed E-state index contributed by atoms with van der Waals surface area (Å²) in [5, 5.41) is -0.336. The normalized spacial score (nSPS) is 11.3. The Morgan fingerprint density at radius 3 is 2.50 bits per heavy atom. The fraction of sp³-hybridized carbons (Fsp3) is 0.143. The van der Waals surface area contributed by atoms with E-state index in [0.29, 0.717) is 13.9 Å². The molecule has 0 aromatic carbocycles. The highest BCUT2D eigenvalue weighted by atomic mass is 79.9. The Morgan fingerprint density at radius 2 is 1.92 bits per heavy atom. The Bertz CT molecular complexity index is 444. The molecule has 0 fully saturated rings. The number of halogens is 3. The standard InChI is InChI=1S/C7H3BrF2S2/c1-2-5-3(6(8)11-2)4(9)7(10)12-5/h1H3. The molecule has 2 heterocycles. The molecule has 0 unspecified atom stereocenters. The van der Waals surface area contributed by atoms with Gasteiger partial charge in [0.25, 0.3) is 0 Å². The quantitative estimate of drug-likeness (QED) is 0.668. The van der Waals surface area contributed by atoms with Gasteiger partial charge in [0.15, 0.2) is 5.82 Å². The van der Waals surface area contributed by atoms with Gasteiger partial charge in [-0.3, -0.25) is 0 Å². The molecule has 0 aliphatic carbocycles. The molecule has 0 spiro atoms. The summed E-state index contributed by atoms with van der Waals surface area (Å²) in [6.45, 7) is 1.85. The zero-order chi connectivity index (χ0) is 8.88. The number of rotatable bonds is 0. The van der Waals surface area contributed by atoms with Crippen LogP contribution in [-0.2, 0) is 0 Å². The fourth-order valence-corrected chi connectivity index (χ4v) is 4.15. The van der Waals surface area contributed by atoms with Crippen LogP contribution in [0.5, 0.6) is 0 Å². The molecule has 0 N–H and O–H groups in total. The third kappa shape index (κ3) is 1.03. The van der Waals surface area contributed by atoms with Gasteiger partial charge < -0.3 is 0 Å². The highest BCUT2D eigenvalue weighted by molar-refractivity contribution is 9.11. The maximum atomic E-state index is 13.0. The van der Waals surface area contributed by atoms with E-state index in [2.05, 4.69) is 15.9 Å². The summed E-state index contributed by atoms with van der Waals surface area (Å²) in [7, 11) is 0. The minimum atomic E-state index is -0.730. The molecule has 0 atom stereocenters. The predicted octanol–water partition coefficient (Wildman–Crippen LogP) is 4.31. The molecule has 0 bridgehead atoms. The van der Waals surface area contributed by atoms with Crippen LogP contribution in [0.3, 0.4) is 0 Å². The molecule has 0 saturated heterocycles. The molecule has 0 saturated carbocycles. The van der Waals surface area contributed by atoms with E-state index in [9.17, 15) is 8.78 Å². The first-order valence-corrected chi connectivity index (χ1v) is 5.56. The number of hydrogen-bond acceptors (Lipinski definition) is 2. The lowest BCUT2D eigenvalue weighted by molar-refractivity contribution is 0.538. The first-order valence-electron chi connectivity index (χ1n) is 3.13. The van der Waals surface area contributed by atoms with E-state index < -0.39 is 10.9 Å². The summed E-state index contributed by atoms with van der Waals surface area (Å²) in [6.07, 6.45) is 0. The lowest BCUT2D eigenvalue weighted by Gasteiger charge is -1.80. The Labute approximate surface area is 84.0 Å². The van der Waals surface area contributed by atoms with Gasteiger partial charge in [0.2, 0.25) is 5.13 Å². The Morgan fingerprint density at radius 1 is 1.25 bits per heavy atom. The SMILES string of the molecule is Cc1sc(Br)c2c(F)c(F)sc12. The van der Waals surface area contributed by atoms with Crippen LogP contribution in [0, 0.1) is 17.9 Å². The Kier molecular flexibility index (Phi) is 1.97. The van der Waals surface area contributed by atoms with Gasteiger partial charge in [-0.15, -0.1) is 22.7 Å². The minimum absolute atomic E-state index is 0.389. The molecule has 64 valence electrons. The summed E-state index contributed by atoms with van der Waals surface area (Å²) in [4.78, 5) is 0.949.